The maximum atomic E-state index is 6.07. The zero-order valence-electron chi connectivity index (χ0n) is 12.3. The molecule has 2 heteroatoms. The molecule has 0 amide bonds. The molecule has 0 heterocycles. The van der Waals surface area contributed by atoms with Crippen molar-refractivity contribution >= 4 is 0 Å². The molecule has 0 spiro atoms. The second kappa shape index (κ2) is 5.19. The van der Waals surface area contributed by atoms with E-state index in [9.17, 15) is 0 Å². The van der Waals surface area contributed by atoms with Gasteiger partial charge in [0, 0.05) is 6.04 Å². The van der Waals surface area contributed by atoms with E-state index < -0.39 is 0 Å². The smallest absolute Gasteiger partial charge is 0.120 e. The van der Waals surface area contributed by atoms with Gasteiger partial charge in [0.15, 0.2) is 0 Å². The Balaban J connectivity index is 1.47. The Labute approximate surface area is 125 Å². The summed E-state index contributed by atoms with van der Waals surface area (Å²) in [7, 11) is 0. The summed E-state index contributed by atoms with van der Waals surface area (Å²) in [4.78, 5) is 0. The van der Waals surface area contributed by atoms with E-state index in [4.69, 9.17) is 10.5 Å². The summed E-state index contributed by atoms with van der Waals surface area (Å²) >= 11 is 0. The number of fused-ring (bicyclic) bond motifs is 2. The molecule has 2 aliphatic rings. The summed E-state index contributed by atoms with van der Waals surface area (Å²) in [6, 6.07) is 13.3. The van der Waals surface area contributed by atoms with Crippen molar-refractivity contribution in [3.05, 3.63) is 64.2 Å². The van der Waals surface area contributed by atoms with Crippen LogP contribution < -0.4 is 10.5 Å². The maximum Gasteiger partial charge on any atom is 0.120 e. The van der Waals surface area contributed by atoms with Crippen LogP contribution in [-0.2, 0) is 25.9 Å². The van der Waals surface area contributed by atoms with E-state index in [1.807, 2.05) is 0 Å². The Morgan fingerprint density at radius 2 is 1.86 bits per heavy atom. The first-order valence-corrected chi connectivity index (χ1v) is 7.91. The monoisotopic (exact) mass is 279 g/mol. The van der Waals surface area contributed by atoms with E-state index >= 15 is 0 Å². The van der Waals surface area contributed by atoms with E-state index in [0.717, 1.165) is 18.6 Å². The number of aryl methyl sites for hydroxylation is 3. The van der Waals surface area contributed by atoms with Crippen LogP contribution in [0.25, 0.3) is 0 Å². The van der Waals surface area contributed by atoms with Crippen LogP contribution in [0.15, 0.2) is 36.4 Å². The molecule has 0 fully saturated rings. The first kappa shape index (κ1) is 12.9. The molecule has 0 saturated carbocycles. The van der Waals surface area contributed by atoms with E-state index in [1.54, 1.807) is 0 Å². The Morgan fingerprint density at radius 3 is 2.81 bits per heavy atom. The first-order chi connectivity index (χ1) is 10.3. The molecule has 0 aromatic heterocycles. The molecular formula is C19H21NO. The number of rotatable bonds is 3. The van der Waals surface area contributed by atoms with Crippen LogP contribution in [0, 0.1) is 0 Å². The van der Waals surface area contributed by atoms with Crippen molar-refractivity contribution in [2.75, 3.05) is 0 Å². The summed E-state index contributed by atoms with van der Waals surface area (Å²) in [5.74, 6) is 0.961. The number of ether oxygens (including phenoxy) is 1. The van der Waals surface area contributed by atoms with Crippen molar-refractivity contribution in [2.24, 2.45) is 5.73 Å². The van der Waals surface area contributed by atoms with Crippen LogP contribution >= 0.6 is 0 Å². The van der Waals surface area contributed by atoms with Crippen molar-refractivity contribution in [2.45, 2.75) is 44.8 Å². The molecule has 0 saturated heterocycles. The van der Waals surface area contributed by atoms with Gasteiger partial charge in [0.05, 0.1) is 0 Å². The predicted molar refractivity (Wildman–Crippen MR) is 84.5 cm³/mol. The molecule has 21 heavy (non-hydrogen) atoms. The van der Waals surface area contributed by atoms with Gasteiger partial charge in [-0.25, -0.2) is 0 Å². The van der Waals surface area contributed by atoms with Gasteiger partial charge in [0.25, 0.3) is 0 Å². The van der Waals surface area contributed by atoms with Gasteiger partial charge in [-0.05, 0) is 72.1 Å². The average molecular weight is 279 g/mol. The molecule has 1 atom stereocenters. The maximum absolute atomic E-state index is 6.07. The van der Waals surface area contributed by atoms with Crippen LogP contribution in [0.5, 0.6) is 5.75 Å². The van der Waals surface area contributed by atoms with Gasteiger partial charge in [-0.3, -0.25) is 0 Å². The summed E-state index contributed by atoms with van der Waals surface area (Å²) in [6.07, 6.45) is 5.89. The van der Waals surface area contributed by atoms with Crippen molar-refractivity contribution in [3.63, 3.8) is 0 Å². The average Bonchev–Trinajstić information content (AvgIpc) is 3.11. The Kier molecular flexibility index (Phi) is 3.19. The molecule has 2 aromatic rings. The number of hydrogen-bond acceptors (Lipinski definition) is 2. The lowest BCUT2D eigenvalue weighted by atomic mass is 10.1. The molecule has 108 valence electrons. The van der Waals surface area contributed by atoms with E-state index in [-0.39, 0.29) is 6.04 Å². The molecule has 0 bridgehead atoms. The minimum atomic E-state index is 0.214. The lowest BCUT2D eigenvalue weighted by Crippen LogP contribution is -2.05. The van der Waals surface area contributed by atoms with Crippen LogP contribution in [0.2, 0.25) is 0 Å². The third-order valence-corrected chi connectivity index (χ3v) is 4.81. The van der Waals surface area contributed by atoms with Gasteiger partial charge in [-0.15, -0.1) is 0 Å². The molecular weight excluding hydrogens is 258 g/mol. The van der Waals surface area contributed by atoms with Crippen molar-refractivity contribution in [1.82, 2.24) is 0 Å². The highest BCUT2D eigenvalue weighted by Crippen LogP contribution is 2.32. The highest BCUT2D eigenvalue weighted by Gasteiger charge is 2.19. The third kappa shape index (κ3) is 2.44. The summed E-state index contributed by atoms with van der Waals surface area (Å²) in [5.41, 5.74) is 13.0. The standard InChI is InChI=1S/C19H21NO/c20-19-9-6-16-11-17(7-8-18(16)19)21-12-13-4-5-14-2-1-3-15(14)10-13/h4-5,7-8,10-11,19H,1-3,6,9,12,20H2/t19-/m1/s1. The highest BCUT2D eigenvalue weighted by molar-refractivity contribution is 5.41. The van der Waals surface area contributed by atoms with Gasteiger partial charge in [-0.1, -0.05) is 24.3 Å². The van der Waals surface area contributed by atoms with Crippen LogP contribution in [0.4, 0.5) is 0 Å². The molecule has 0 unspecified atom stereocenters. The van der Waals surface area contributed by atoms with Crippen LogP contribution in [0.3, 0.4) is 0 Å². The van der Waals surface area contributed by atoms with Crippen molar-refractivity contribution in [1.29, 1.82) is 0 Å². The molecule has 2 N–H and O–H groups in total. The van der Waals surface area contributed by atoms with E-state index in [1.165, 1.54) is 47.1 Å². The molecule has 2 aromatic carbocycles. The summed E-state index contributed by atoms with van der Waals surface area (Å²) in [5, 5.41) is 0. The lowest BCUT2D eigenvalue weighted by molar-refractivity contribution is 0.306. The Hall–Kier alpha value is -1.80. The largest absolute Gasteiger partial charge is 0.489 e. The normalized spacial score (nSPS) is 19.4. The highest BCUT2D eigenvalue weighted by atomic mass is 16.5. The van der Waals surface area contributed by atoms with E-state index in [0.29, 0.717) is 6.61 Å². The van der Waals surface area contributed by atoms with Gasteiger partial charge >= 0.3 is 0 Å². The van der Waals surface area contributed by atoms with Crippen molar-refractivity contribution < 1.29 is 4.74 Å². The van der Waals surface area contributed by atoms with E-state index in [2.05, 4.69) is 36.4 Å². The minimum Gasteiger partial charge on any atom is -0.489 e. The van der Waals surface area contributed by atoms with Gasteiger partial charge in [0.1, 0.15) is 12.4 Å². The number of hydrogen-bond donors (Lipinski definition) is 1. The fraction of sp³-hybridized carbons (Fsp3) is 0.368. The Bertz CT molecular complexity index is 677. The second-order valence-corrected chi connectivity index (χ2v) is 6.25. The fourth-order valence-electron chi connectivity index (χ4n) is 3.60. The first-order valence-electron chi connectivity index (χ1n) is 7.91. The van der Waals surface area contributed by atoms with Crippen LogP contribution in [0.1, 0.15) is 46.7 Å². The quantitative estimate of drug-likeness (QED) is 0.929. The minimum absolute atomic E-state index is 0.214. The summed E-state index contributed by atoms with van der Waals surface area (Å²) < 4.78 is 5.97. The number of nitrogens with two attached hydrogens (primary N) is 1. The zero-order valence-corrected chi connectivity index (χ0v) is 12.3. The topological polar surface area (TPSA) is 35.2 Å². The van der Waals surface area contributed by atoms with Gasteiger partial charge in [0.2, 0.25) is 0 Å². The van der Waals surface area contributed by atoms with Crippen molar-refractivity contribution in [3.8, 4) is 5.75 Å². The van der Waals surface area contributed by atoms with Gasteiger partial charge < -0.3 is 10.5 Å². The molecule has 4 rings (SSSR count). The zero-order chi connectivity index (χ0) is 14.2. The van der Waals surface area contributed by atoms with Gasteiger partial charge in [-0.2, -0.15) is 0 Å². The third-order valence-electron chi connectivity index (χ3n) is 4.81. The summed E-state index contributed by atoms with van der Waals surface area (Å²) in [6.45, 7) is 0.651. The SMILES string of the molecule is N[C@@H]1CCc2cc(OCc3ccc4c(c3)CCC4)ccc21. The molecule has 2 nitrogen and oxygen atoms in total. The Morgan fingerprint density at radius 1 is 0.952 bits per heavy atom. The molecule has 2 aliphatic carbocycles. The predicted octanol–water partition coefficient (Wildman–Crippen LogP) is 3.70. The molecule has 0 aliphatic heterocycles. The molecule has 0 radical (unpaired) electrons. The lowest BCUT2D eigenvalue weighted by Gasteiger charge is -2.10. The number of benzene rings is 2. The van der Waals surface area contributed by atoms with Crippen LogP contribution in [-0.4, -0.2) is 0 Å². The fourth-order valence-corrected chi connectivity index (χ4v) is 3.60. The second-order valence-electron chi connectivity index (χ2n) is 6.25.